The first-order chi connectivity index (χ1) is 10.9. The highest BCUT2D eigenvalue weighted by molar-refractivity contribution is 5.81. The number of ether oxygens (including phenoxy) is 1. The van der Waals surface area contributed by atoms with Crippen LogP contribution in [0.2, 0.25) is 0 Å². The van der Waals surface area contributed by atoms with Crippen LogP contribution in [0.3, 0.4) is 0 Å². The Hall–Kier alpha value is -0.900. The molecule has 0 radical (unpaired) electrons. The van der Waals surface area contributed by atoms with Crippen LogP contribution in [-0.4, -0.2) is 75.0 Å². The minimum absolute atomic E-state index is 0.0349. The number of carbonyl (C=O) groups is 1. The predicted molar refractivity (Wildman–Crippen MR) is 78.8 cm³/mol. The second-order valence-electron chi connectivity index (χ2n) is 6.06. The fourth-order valence-electron chi connectivity index (χ4n) is 3.05. The Kier molecular flexibility index (Phi) is 6.63. The Bertz CT molecular complexity index is 383. The summed E-state index contributed by atoms with van der Waals surface area (Å²) < 4.78 is 45.0. The second kappa shape index (κ2) is 8.27. The smallest absolute Gasteiger partial charge is 0.381 e. The van der Waals surface area contributed by atoms with E-state index in [1.54, 1.807) is 0 Å². The van der Waals surface area contributed by atoms with Gasteiger partial charge in [0.25, 0.3) is 0 Å². The minimum atomic E-state index is -4.38. The van der Waals surface area contributed by atoms with Crippen molar-refractivity contribution < 1.29 is 22.7 Å². The molecule has 0 unspecified atom stereocenters. The number of halogens is 3. The zero-order chi connectivity index (χ0) is 16.9. The lowest BCUT2D eigenvalue weighted by Crippen LogP contribution is -2.59. The number of nitrogens with two attached hydrogens (primary N) is 1. The lowest BCUT2D eigenvalue weighted by molar-refractivity contribution is -0.184. The van der Waals surface area contributed by atoms with E-state index in [0.717, 1.165) is 0 Å². The lowest BCUT2D eigenvalue weighted by atomic mass is 9.92. The molecular weight excluding hydrogens is 313 g/mol. The van der Waals surface area contributed by atoms with Gasteiger partial charge in [0, 0.05) is 45.9 Å². The summed E-state index contributed by atoms with van der Waals surface area (Å²) in [6.07, 6.45) is -3.06. The second-order valence-corrected chi connectivity index (χ2v) is 6.06. The summed E-state index contributed by atoms with van der Waals surface area (Å²) in [5.41, 5.74) is 5.89. The molecule has 1 amide bonds. The molecule has 0 aliphatic carbocycles. The van der Waals surface area contributed by atoms with E-state index in [9.17, 15) is 18.0 Å². The Labute approximate surface area is 133 Å². The number of nitrogens with one attached hydrogen (secondary N) is 2. The summed E-state index contributed by atoms with van der Waals surface area (Å²) >= 11 is 0. The number of amides is 1. The van der Waals surface area contributed by atoms with Crippen LogP contribution in [0.25, 0.3) is 0 Å². The number of piperazine rings is 1. The van der Waals surface area contributed by atoms with Crippen molar-refractivity contribution in [1.29, 1.82) is 0 Å². The summed E-state index contributed by atoms with van der Waals surface area (Å²) in [6, 6.07) is -2.45. The standard InChI is InChI=1S/C14H25F3N4O2/c15-14(16,17)11(21-5-3-19-4-6-21)9-20-13(22)12(18)10-1-7-23-8-2-10/h10-12,19H,1-9,18H2,(H,20,22)/t11-,12-/m1/s1. The van der Waals surface area contributed by atoms with E-state index in [-0.39, 0.29) is 5.92 Å². The van der Waals surface area contributed by atoms with Gasteiger partial charge in [0.2, 0.25) is 5.91 Å². The Morgan fingerprint density at radius 2 is 1.91 bits per heavy atom. The molecule has 0 saturated carbocycles. The quantitative estimate of drug-likeness (QED) is 0.641. The zero-order valence-corrected chi connectivity index (χ0v) is 13.1. The van der Waals surface area contributed by atoms with Gasteiger partial charge in [0.1, 0.15) is 6.04 Å². The van der Waals surface area contributed by atoms with Gasteiger partial charge < -0.3 is 21.1 Å². The molecule has 0 spiro atoms. The first-order valence-corrected chi connectivity index (χ1v) is 8.02. The van der Waals surface area contributed by atoms with Crippen LogP contribution in [0, 0.1) is 5.92 Å². The SMILES string of the molecule is N[C@@H](C(=O)NC[C@@H](N1CCNCC1)C(F)(F)F)C1CCOCC1. The lowest BCUT2D eigenvalue weighted by Gasteiger charge is -2.36. The maximum Gasteiger partial charge on any atom is 0.405 e. The van der Waals surface area contributed by atoms with Crippen molar-refractivity contribution in [2.75, 3.05) is 45.9 Å². The van der Waals surface area contributed by atoms with E-state index >= 15 is 0 Å². The fourth-order valence-corrected chi connectivity index (χ4v) is 3.05. The van der Waals surface area contributed by atoms with Gasteiger partial charge in [-0.05, 0) is 18.8 Å². The molecule has 2 aliphatic rings. The Balaban J connectivity index is 1.87. The van der Waals surface area contributed by atoms with Gasteiger partial charge in [0.05, 0.1) is 6.04 Å². The minimum Gasteiger partial charge on any atom is -0.381 e. The Morgan fingerprint density at radius 1 is 1.30 bits per heavy atom. The van der Waals surface area contributed by atoms with Gasteiger partial charge in [0.15, 0.2) is 0 Å². The van der Waals surface area contributed by atoms with Crippen molar-refractivity contribution in [3.05, 3.63) is 0 Å². The summed E-state index contributed by atoms with van der Waals surface area (Å²) in [7, 11) is 0. The van der Waals surface area contributed by atoms with Gasteiger partial charge in [-0.15, -0.1) is 0 Å². The Morgan fingerprint density at radius 3 is 2.48 bits per heavy atom. The van der Waals surface area contributed by atoms with E-state index in [1.807, 2.05) is 0 Å². The molecule has 0 aromatic heterocycles. The van der Waals surface area contributed by atoms with Crippen LogP contribution in [0.1, 0.15) is 12.8 Å². The first-order valence-electron chi connectivity index (χ1n) is 8.02. The van der Waals surface area contributed by atoms with Crippen molar-refractivity contribution in [3.63, 3.8) is 0 Å². The summed E-state index contributed by atoms with van der Waals surface area (Å²) in [4.78, 5) is 13.4. The maximum absolute atomic E-state index is 13.2. The summed E-state index contributed by atoms with van der Waals surface area (Å²) in [6.45, 7) is 2.27. The normalized spacial score (nSPS) is 24.2. The number of rotatable bonds is 5. The third-order valence-corrected chi connectivity index (χ3v) is 4.52. The van der Waals surface area contributed by atoms with E-state index in [1.165, 1.54) is 4.90 Å². The van der Waals surface area contributed by atoms with Crippen molar-refractivity contribution in [2.24, 2.45) is 11.7 Å². The number of hydrogen-bond donors (Lipinski definition) is 3. The number of carbonyl (C=O) groups excluding carboxylic acids is 1. The van der Waals surface area contributed by atoms with E-state index in [4.69, 9.17) is 10.5 Å². The molecule has 4 N–H and O–H groups in total. The molecule has 9 heteroatoms. The molecule has 2 fully saturated rings. The van der Waals surface area contributed by atoms with Crippen molar-refractivity contribution in [3.8, 4) is 0 Å². The number of alkyl halides is 3. The fraction of sp³-hybridized carbons (Fsp3) is 0.929. The van der Waals surface area contributed by atoms with Crippen molar-refractivity contribution >= 4 is 5.91 Å². The average Bonchev–Trinajstić information content (AvgIpc) is 2.54. The van der Waals surface area contributed by atoms with Crippen LogP contribution in [0.5, 0.6) is 0 Å². The number of hydrogen-bond acceptors (Lipinski definition) is 5. The van der Waals surface area contributed by atoms with Crippen LogP contribution in [-0.2, 0) is 9.53 Å². The van der Waals surface area contributed by atoms with E-state index in [2.05, 4.69) is 10.6 Å². The monoisotopic (exact) mass is 338 g/mol. The molecule has 0 aromatic carbocycles. The first kappa shape index (κ1) is 18.4. The molecule has 0 bridgehead atoms. The van der Waals surface area contributed by atoms with Crippen LogP contribution in [0.15, 0.2) is 0 Å². The van der Waals surface area contributed by atoms with Crippen LogP contribution < -0.4 is 16.4 Å². The summed E-state index contributed by atoms with van der Waals surface area (Å²) in [5.74, 6) is -0.548. The topological polar surface area (TPSA) is 79.6 Å². The highest BCUT2D eigenvalue weighted by Crippen LogP contribution is 2.25. The number of nitrogens with zero attached hydrogens (tertiary/aromatic N) is 1. The average molecular weight is 338 g/mol. The molecule has 2 aliphatic heterocycles. The van der Waals surface area contributed by atoms with Gasteiger partial charge in [-0.25, -0.2) is 0 Å². The van der Waals surface area contributed by atoms with Gasteiger partial charge in [-0.3, -0.25) is 9.69 Å². The molecule has 6 nitrogen and oxygen atoms in total. The van der Waals surface area contributed by atoms with Gasteiger partial charge in [-0.1, -0.05) is 0 Å². The molecule has 2 heterocycles. The van der Waals surface area contributed by atoms with Crippen LogP contribution in [0.4, 0.5) is 13.2 Å². The van der Waals surface area contributed by atoms with Crippen molar-refractivity contribution in [2.45, 2.75) is 31.1 Å². The van der Waals surface area contributed by atoms with E-state index < -0.39 is 30.7 Å². The molecule has 23 heavy (non-hydrogen) atoms. The van der Waals surface area contributed by atoms with Gasteiger partial charge in [-0.2, -0.15) is 13.2 Å². The highest BCUT2D eigenvalue weighted by atomic mass is 19.4. The molecule has 0 aromatic rings. The van der Waals surface area contributed by atoms with Crippen molar-refractivity contribution in [1.82, 2.24) is 15.5 Å². The molecule has 2 saturated heterocycles. The largest absolute Gasteiger partial charge is 0.405 e. The highest BCUT2D eigenvalue weighted by Gasteiger charge is 2.44. The third kappa shape index (κ3) is 5.30. The third-order valence-electron chi connectivity index (χ3n) is 4.52. The molecule has 2 rings (SSSR count). The molecular formula is C14H25F3N4O2. The molecule has 2 atom stereocenters. The van der Waals surface area contributed by atoms with E-state index in [0.29, 0.717) is 52.2 Å². The predicted octanol–water partition coefficient (Wildman–Crippen LogP) is -0.307. The van der Waals surface area contributed by atoms with Gasteiger partial charge >= 0.3 is 6.18 Å². The summed E-state index contributed by atoms with van der Waals surface area (Å²) in [5, 5.41) is 5.42. The zero-order valence-electron chi connectivity index (χ0n) is 13.1. The maximum atomic E-state index is 13.2. The molecule has 134 valence electrons. The van der Waals surface area contributed by atoms with Crippen LogP contribution >= 0.6 is 0 Å².